The first-order valence-electron chi connectivity index (χ1n) is 13.2. The van der Waals surface area contributed by atoms with E-state index in [1.807, 2.05) is 0 Å². The van der Waals surface area contributed by atoms with Crippen LogP contribution in [0.1, 0.15) is 77.3 Å². The van der Waals surface area contributed by atoms with Gasteiger partial charge in [-0.05, 0) is 62.5 Å². The van der Waals surface area contributed by atoms with Crippen LogP contribution < -0.4 is 16.5 Å². The number of hydrogen-bond acceptors (Lipinski definition) is 6. The Hall–Kier alpha value is -3.20. The van der Waals surface area contributed by atoms with Gasteiger partial charge in [0.1, 0.15) is 12.1 Å². The fourth-order valence-electron chi connectivity index (χ4n) is 4.10. The summed E-state index contributed by atoms with van der Waals surface area (Å²) in [4.78, 5) is 49.4. The number of amides is 3. The van der Waals surface area contributed by atoms with Gasteiger partial charge < -0.3 is 15.8 Å². The number of rotatable bonds is 13. The molecule has 0 radical (unpaired) electrons. The van der Waals surface area contributed by atoms with Crippen LogP contribution >= 0.6 is 0 Å². The van der Waals surface area contributed by atoms with Crippen LogP contribution in [0.15, 0.2) is 30.3 Å². The SMILES string of the molecule is CCc1cccc(/C=C/CCCCC(=O)OC(C(=O)NC(C)C(=O)N2CCCC(C(N)=O)N2)C(C)C)c1. The Bertz CT molecular complexity index is 962. The highest BCUT2D eigenvalue weighted by Gasteiger charge is 2.32. The van der Waals surface area contributed by atoms with Gasteiger partial charge in [0.2, 0.25) is 5.91 Å². The summed E-state index contributed by atoms with van der Waals surface area (Å²) in [6, 6.07) is 6.92. The summed E-state index contributed by atoms with van der Waals surface area (Å²) in [7, 11) is 0. The van der Waals surface area contributed by atoms with E-state index >= 15 is 0 Å². The predicted octanol–water partition coefficient (Wildman–Crippen LogP) is 2.88. The van der Waals surface area contributed by atoms with Gasteiger partial charge >= 0.3 is 5.97 Å². The number of unbranched alkanes of at least 4 members (excludes halogenated alkanes) is 2. The molecule has 3 amide bonds. The van der Waals surface area contributed by atoms with Crippen LogP contribution in [0.4, 0.5) is 0 Å². The van der Waals surface area contributed by atoms with E-state index < -0.39 is 36.0 Å². The van der Waals surface area contributed by atoms with Crippen molar-refractivity contribution >= 4 is 29.8 Å². The maximum absolute atomic E-state index is 12.8. The lowest BCUT2D eigenvalue weighted by Crippen LogP contribution is -2.60. The molecule has 4 N–H and O–H groups in total. The molecule has 2 rings (SSSR count). The molecule has 1 saturated heterocycles. The summed E-state index contributed by atoms with van der Waals surface area (Å²) >= 11 is 0. The third kappa shape index (κ3) is 9.99. The maximum Gasteiger partial charge on any atom is 0.306 e. The Morgan fingerprint density at radius 2 is 1.97 bits per heavy atom. The average Bonchev–Trinajstić information content (AvgIpc) is 2.88. The van der Waals surface area contributed by atoms with Crippen molar-refractivity contribution in [1.29, 1.82) is 0 Å². The number of aryl methyl sites for hydroxylation is 1. The number of nitrogens with zero attached hydrogens (tertiary/aromatic N) is 1. The molecule has 0 saturated carbocycles. The van der Waals surface area contributed by atoms with E-state index in [4.69, 9.17) is 10.5 Å². The topological polar surface area (TPSA) is 131 Å². The first-order valence-corrected chi connectivity index (χ1v) is 13.2. The Labute approximate surface area is 220 Å². The number of primary amides is 1. The minimum atomic E-state index is -0.999. The third-order valence-corrected chi connectivity index (χ3v) is 6.32. The van der Waals surface area contributed by atoms with Crippen LogP contribution in [-0.4, -0.2) is 53.4 Å². The van der Waals surface area contributed by atoms with Crippen molar-refractivity contribution < 1.29 is 23.9 Å². The van der Waals surface area contributed by atoms with Gasteiger partial charge in [0, 0.05) is 13.0 Å². The Morgan fingerprint density at radius 1 is 1.22 bits per heavy atom. The second-order valence-electron chi connectivity index (χ2n) is 9.85. The van der Waals surface area contributed by atoms with Crippen molar-refractivity contribution in [3.63, 3.8) is 0 Å². The average molecular weight is 515 g/mol. The zero-order valence-electron chi connectivity index (χ0n) is 22.5. The molecule has 9 heteroatoms. The second kappa shape index (κ2) is 15.1. The zero-order chi connectivity index (χ0) is 27.4. The van der Waals surface area contributed by atoms with Gasteiger partial charge in [-0.1, -0.05) is 57.2 Å². The van der Waals surface area contributed by atoms with Crippen molar-refractivity contribution in [3.8, 4) is 0 Å². The summed E-state index contributed by atoms with van der Waals surface area (Å²) in [5, 5.41) is 3.96. The number of ether oxygens (including phenoxy) is 1. The largest absolute Gasteiger partial charge is 0.452 e. The highest BCUT2D eigenvalue weighted by molar-refractivity contribution is 5.90. The van der Waals surface area contributed by atoms with Gasteiger partial charge in [-0.25, -0.2) is 5.43 Å². The molecule has 1 aromatic rings. The molecular weight excluding hydrogens is 472 g/mol. The lowest BCUT2D eigenvalue weighted by atomic mass is 10.1. The number of allylic oxidation sites excluding steroid dienone is 1. The molecule has 204 valence electrons. The van der Waals surface area contributed by atoms with Crippen LogP contribution in [0.3, 0.4) is 0 Å². The van der Waals surface area contributed by atoms with Crippen LogP contribution in [0.2, 0.25) is 0 Å². The number of hydrogen-bond donors (Lipinski definition) is 3. The maximum atomic E-state index is 12.8. The van der Waals surface area contributed by atoms with Gasteiger partial charge in [0.05, 0.1) is 0 Å². The molecule has 1 aliphatic rings. The van der Waals surface area contributed by atoms with Crippen molar-refractivity contribution in [2.24, 2.45) is 11.7 Å². The van der Waals surface area contributed by atoms with Crippen molar-refractivity contribution in [2.75, 3.05) is 6.54 Å². The molecule has 9 nitrogen and oxygen atoms in total. The standard InChI is InChI=1S/C28H42N4O5/c1-5-21-13-10-14-22(18-21)12-8-6-7-9-16-24(33)37-25(19(2)3)27(35)30-20(4)28(36)32-17-11-15-23(31-32)26(29)34/h8,10,12-14,18-20,23,25,31H,5-7,9,11,15-17H2,1-4H3,(H2,29,34)(H,30,35)/b12-8+. The van der Waals surface area contributed by atoms with E-state index in [2.05, 4.69) is 54.1 Å². The number of nitrogens with one attached hydrogen (secondary N) is 2. The predicted molar refractivity (Wildman–Crippen MR) is 143 cm³/mol. The highest BCUT2D eigenvalue weighted by atomic mass is 16.5. The molecular formula is C28H42N4O5. The van der Waals surface area contributed by atoms with Gasteiger partial charge in [0.15, 0.2) is 6.10 Å². The third-order valence-electron chi connectivity index (χ3n) is 6.32. The second-order valence-corrected chi connectivity index (χ2v) is 9.85. The minimum absolute atomic E-state index is 0.219. The van der Waals surface area contributed by atoms with E-state index in [0.29, 0.717) is 25.8 Å². The van der Waals surface area contributed by atoms with Crippen molar-refractivity contribution in [3.05, 3.63) is 41.5 Å². The molecule has 1 aliphatic heterocycles. The van der Waals surface area contributed by atoms with E-state index in [0.717, 1.165) is 19.3 Å². The van der Waals surface area contributed by atoms with E-state index in [1.165, 1.54) is 16.1 Å². The quantitative estimate of drug-likeness (QED) is 0.274. The number of carbonyl (C=O) groups excluding carboxylic acids is 4. The molecule has 0 bridgehead atoms. The van der Waals surface area contributed by atoms with Gasteiger partial charge in [0.25, 0.3) is 11.8 Å². The number of carbonyl (C=O) groups is 4. The molecule has 0 aliphatic carbocycles. The lowest BCUT2D eigenvalue weighted by molar-refractivity contribution is -0.159. The molecule has 0 spiro atoms. The summed E-state index contributed by atoms with van der Waals surface area (Å²) < 4.78 is 5.48. The monoisotopic (exact) mass is 514 g/mol. The van der Waals surface area contributed by atoms with Crippen LogP contribution in [0.5, 0.6) is 0 Å². The molecule has 37 heavy (non-hydrogen) atoms. The van der Waals surface area contributed by atoms with Crippen LogP contribution in [-0.2, 0) is 30.3 Å². The van der Waals surface area contributed by atoms with Gasteiger partial charge in [-0.2, -0.15) is 0 Å². The highest BCUT2D eigenvalue weighted by Crippen LogP contribution is 2.13. The van der Waals surface area contributed by atoms with E-state index in [-0.39, 0.29) is 18.2 Å². The first-order chi connectivity index (χ1) is 17.6. The lowest BCUT2D eigenvalue weighted by Gasteiger charge is -2.34. The minimum Gasteiger partial charge on any atom is -0.452 e. The molecule has 1 fully saturated rings. The number of esters is 1. The Kier molecular flexibility index (Phi) is 12.3. The first kappa shape index (κ1) is 30.0. The molecule has 3 atom stereocenters. The zero-order valence-corrected chi connectivity index (χ0v) is 22.5. The Morgan fingerprint density at radius 3 is 2.65 bits per heavy atom. The van der Waals surface area contributed by atoms with Crippen LogP contribution in [0.25, 0.3) is 6.08 Å². The number of benzene rings is 1. The van der Waals surface area contributed by atoms with Crippen molar-refractivity contribution in [2.45, 2.75) is 90.8 Å². The fourth-order valence-corrected chi connectivity index (χ4v) is 4.10. The van der Waals surface area contributed by atoms with E-state index in [1.54, 1.807) is 20.8 Å². The van der Waals surface area contributed by atoms with Gasteiger partial charge in [-0.15, -0.1) is 0 Å². The number of nitrogens with two attached hydrogens (primary N) is 1. The molecule has 0 aromatic heterocycles. The summed E-state index contributed by atoms with van der Waals surface area (Å²) in [6.07, 6.45) is 7.92. The smallest absolute Gasteiger partial charge is 0.306 e. The normalized spacial score (nSPS) is 17.4. The Balaban J connectivity index is 1.77. The summed E-state index contributed by atoms with van der Waals surface area (Å²) in [5.74, 6) is -2.14. The molecule has 1 aromatic carbocycles. The van der Waals surface area contributed by atoms with E-state index in [9.17, 15) is 19.2 Å². The van der Waals surface area contributed by atoms with Gasteiger partial charge in [-0.3, -0.25) is 24.2 Å². The molecule has 1 heterocycles. The summed E-state index contributed by atoms with van der Waals surface area (Å²) in [6.45, 7) is 7.66. The van der Waals surface area contributed by atoms with Crippen LogP contribution in [0, 0.1) is 5.92 Å². The fraction of sp³-hybridized carbons (Fsp3) is 0.571. The van der Waals surface area contributed by atoms with Crippen molar-refractivity contribution in [1.82, 2.24) is 15.8 Å². The number of hydrazine groups is 1. The molecule has 3 unspecified atom stereocenters. The summed E-state index contributed by atoms with van der Waals surface area (Å²) in [5.41, 5.74) is 10.6.